The van der Waals surface area contributed by atoms with E-state index in [0.717, 1.165) is 5.56 Å². The number of carboxylic acids is 2. The molecule has 0 aliphatic rings. The summed E-state index contributed by atoms with van der Waals surface area (Å²) in [5.74, 6) is -1.91. The number of thioether (sulfide) groups is 1. The minimum absolute atomic E-state index is 0.0184. The Balaban J connectivity index is 2.70. The molecule has 0 amide bonds. The Morgan fingerprint density at radius 2 is 1.84 bits per heavy atom. The molecule has 0 fully saturated rings. The molecule has 1 aromatic rings. The van der Waals surface area contributed by atoms with Crippen LogP contribution in [0.3, 0.4) is 0 Å². The van der Waals surface area contributed by atoms with Gasteiger partial charge in [-0.25, -0.2) is 0 Å². The van der Waals surface area contributed by atoms with Crippen LogP contribution in [0, 0.1) is 0 Å². The van der Waals surface area contributed by atoms with E-state index < -0.39 is 11.9 Å². The first-order valence-corrected chi connectivity index (χ1v) is 6.89. The minimum Gasteiger partial charge on any atom is -0.481 e. The second-order valence-corrected chi connectivity index (χ2v) is 5.23. The van der Waals surface area contributed by atoms with Crippen molar-refractivity contribution in [3.63, 3.8) is 0 Å². The molecule has 104 valence electrons. The molecule has 0 saturated carbocycles. The van der Waals surface area contributed by atoms with Crippen molar-refractivity contribution in [1.82, 2.24) is 5.32 Å². The molecule has 0 heterocycles. The lowest BCUT2D eigenvalue weighted by Gasteiger charge is -2.24. The molecule has 0 bridgehead atoms. The Kier molecular flexibility index (Phi) is 6.38. The molecular weight excluding hydrogens is 266 g/mol. The van der Waals surface area contributed by atoms with Gasteiger partial charge in [0.25, 0.3) is 0 Å². The molecule has 0 aromatic heterocycles. The highest BCUT2D eigenvalue weighted by Gasteiger charge is 2.20. The molecular formula is C13H17NO4S. The zero-order valence-electron chi connectivity index (χ0n) is 10.6. The van der Waals surface area contributed by atoms with E-state index in [2.05, 4.69) is 5.32 Å². The summed E-state index contributed by atoms with van der Waals surface area (Å²) < 4.78 is 0. The lowest BCUT2D eigenvalue weighted by Crippen LogP contribution is -2.35. The molecule has 1 aromatic carbocycles. The van der Waals surface area contributed by atoms with Crippen molar-refractivity contribution in [2.45, 2.75) is 18.2 Å². The molecule has 19 heavy (non-hydrogen) atoms. The SMILES string of the molecule is CC(c1ccccc1)C(NCC(=O)O)SCC(=O)O. The third-order valence-corrected chi connectivity index (χ3v) is 3.97. The molecule has 3 N–H and O–H groups in total. The van der Waals surface area contributed by atoms with Crippen LogP contribution >= 0.6 is 11.8 Å². The summed E-state index contributed by atoms with van der Waals surface area (Å²) in [7, 11) is 0. The molecule has 0 saturated heterocycles. The van der Waals surface area contributed by atoms with E-state index in [9.17, 15) is 9.59 Å². The standard InChI is InChI=1S/C13H17NO4S/c1-9(10-5-3-2-4-6-10)13(14-7-11(15)16)19-8-12(17)18/h2-6,9,13-14H,7-8H2,1H3,(H,15,16)(H,17,18). The number of aliphatic carboxylic acids is 2. The zero-order valence-corrected chi connectivity index (χ0v) is 11.4. The van der Waals surface area contributed by atoms with Crippen LogP contribution in [0.2, 0.25) is 0 Å². The molecule has 2 atom stereocenters. The van der Waals surface area contributed by atoms with Gasteiger partial charge in [0.05, 0.1) is 17.7 Å². The Bertz CT molecular complexity index is 406. The van der Waals surface area contributed by atoms with Crippen LogP contribution in [-0.2, 0) is 9.59 Å². The first kappa shape index (κ1) is 15.5. The molecule has 2 unspecified atom stereocenters. The Labute approximate surface area is 116 Å². The molecule has 1 rings (SSSR count). The van der Waals surface area contributed by atoms with Gasteiger partial charge in [0, 0.05) is 5.92 Å². The van der Waals surface area contributed by atoms with Crippen molar-refractivity contribution >= 4 is 23.7 Å². The van der Waals surface area contributed by atoms with Gasteiger partial charge in [0.15, 0.2) is 0 Å². The van der Waals surface area contributed by atoms with Gasteiger partial charge in [-0.05, 0) is 5.56 Å². The van der Waals surface area contributed by atoms with Gasteiger partial charge in [-0.2, -0.15) is 0 Å². The molecule has 0 aliphatic heterocycles. The summed E-state index contributed by atoms with van der Waals surface area (Å²) in [4.78, 5) is 21.2. The van der Waals surface area contributed by atoms with Crippen LogP contribution in [-0.4, -0.2) is 39.8 Å². The summed E-state index contributed by atoms with van der Waals surface area (Å²) in [5, 5.41) is 20.0. The quantitative estimate of drug-likeness (QED) is 0.628. The Morgan fingerprint density at radius 3 is 2.37 bits per heavy atom. The number of rotatable bonds is 8. The van der Waals surface area contributed by atoms with Crippen LogP contribution in [0.25, 0.3) is 0 Å². The number of carboxylic acid groups (broad SMARTS) is 2. The average molecular weight is 283 g/mol. The van der Waals surface area contributed by atoms with Gasteiger partial charge < -0.3 is 10.2 Å². The maximum atomic E-state index is 10.6. The second-order valence-electron chi connectivity index (χ2n) is 4.10. The normalized spacial score (nSPS) is 13.7. The third kappa shape index (κ3) is 5.76. The van der Waals surface area contributed by atoms with E-state index in [4.69, 9.17) is 10.2 Å². The third-order valence-electron chi connectivity index (χ3n) is 2.62. The number of hydrogen-bond acceptors (Lipinski definition) is 4. The molecule has 6 heteroatoms. The minimum atomic E-state index is -0.957. The lowest BCUT2D eigenvalue weighted by atomic mass is 10.0. The van der Waals surface area contributed by atoms with Gasteiger partial charge in [-0.15, -0.1) is 11.8 Å². The highest BCUT2D eigenvalue weighted by molar-refractivity contribution is 8.00. The largest absolute Gasteiger partial charge is 0.481 e. The highest BCUT2D eigenvalue weighted by Crippen LogP contribution is 2.26. The summed E-state index contributed by atoms with van der Waals surface area (Å²) in [6.45, 7) is 1.76. The highest BCUT2D eigenvalue weighted by atomic mass is 32.2. The Morgan fingerprint density at radius 1 is 1.21 bits per heavy atom. The summed E-state index contributed by atoms with van der Waals surface area (Å²) >= 11 is 1.20. The topological polar surface area (TPSA) is 86.6 Å². The first-order chi connectivity index (χ1) is 9.00. The van der Waals surface area contributed by atoms with Crippen LogP contribution in [0.5, 0.6) is 0 Å². The lowest BCUT2D eigenvalue weighted by molar-refractivity contribution is -0.136. The Hall–Kier alpha value is -1.53. The summed E-state index contributed by atoms with van der Waals surface area (Å²) in [6, 6.07) is 9.60. The van der Waals surface area contributed by atoms with Crippen molar-refractivity contribution in [2.24, 2.45) is 0 Å². The number of benzene rings is 1. The first-order valence-electron chi connectivity index (χ1n) is 5.84. The molecule has 0 spiro atoms. The van der Waals surface area contributed by atoms with Crippen molar-refractivity contribution < 1.29 is 19.8 Å². The van der Waals surface area contributed by atoms with E-state index in [1.807, 2.05) is 37.3 Å². The number of carbonyl (C=O) groups is 2. The van der Waals surface area contributed by atoms with Gasteiger partial charge in [-0.1, -0.05) is 37.3 Å². The van der Waals surface area contributed by atoms with Gasteiger partial charge in [-0.3, -0.25) is 14.9 Å². The number of hydrogen-bond donors (Lipinski definition) is 3. The van der Waals surface area contributed by atoms with E-state index in [0.29, 0.717) is 0 Å². The smallest absolute Gasteiger partial charge is 0.317 e. The van der Waals surface area contributed by atoms with Crippen molar-refractivity contribution in [1.29, 1.82) is 0 Å². The zero-order chi connectivity index (χ0) is 14.3. The van der Waals surface area contributed by atoms with Gasteiger partial charge >= 0.3 is 11.9 Å². The van der Waals surface area contributed by atoms with Crippen LogP contribution in [0.15, 0.2) is 30.3 Å². The van der Waals surface area contributed by atoms with Crippen LogP contribution < -0.4 is 5.32 Å². The van der Waals surface area contributed by atoms with E-state index >= 15 is 0 Å². The predicted octanol–water partition coefficient (Wildman–Crippen LogP) is 1.61. The monoisotopic (exact) mass is 283 g/mol. The van der Waals surface area contributed by atoms with Gasteiger partial charge in [0.2, 0.25) is 0 Å². The van der Waals surface area contributed by atoms with E-state index in [1.165, 1.54) is 11.8 Å². The summed E-state index contributed by atoms with van der Waals surface area (Å²) in [6.07, 6.45) is 0. The summed E-state index contributed by atoms with van der Waals surface area (Å²) in [5.41, 5.74) is 1.04. The van der Waals surface area contributed by atoms with E-state index in [1.54, 1.807) is 0 Å². The molecule has 5 nitrogen and oxygen atoms in total. The van der Waals surface area contributed by atoms with Crippen molar-refractivity contribution in [2.75, 3.05) is 12.3 Å². The average Bonchev–Trinajstić information content (AvgIpc) is 2.38. The van der Waals surface area contributed by atoms with Gasteiger partial charge in [0.1, 0.15) is 0 Å². The van der Waals surface area contributed by atoms with Crippen LogP contribution in [0.1, 0.15) is 18.4 Å². The van der Waals surface area contributed by atoms with Crippen molar-refractivity contribution in [3.8, 4) is 0 Å². The molecule has 0 radical (unpaired) electrons. The maximum absolute atomic E-state index is 10.6. The van der Waals surface area contributed by atoms with Crippen LogP contribution in [0.4, 0.5) is 0 Å². The van der Waals surface area contributed by atoms with E-state index in [-0.39, 0.29) is 23.6 Å². The van der Waals surface area contributed by atoms with Crippen molar-refractivity contribution in [3.05, 3.63) is 35.9 Å². The number of nitrogens with one attached hydrogen (secondary N) is 1. The second kappa shape index (κ2) is 7.81. The fraction of sp³-hybridized carbons (Fsp3) is 0.385. The predicted molar refractivity (Wildman–Crippen MR) is 74.4 cm³/mol. The fourth-order valence-corrected chi connectivity index (χ4v) is 2.63. The fourth-order valence-electron chi connectivity index (χ4n) is 1.66. The molecule has 0 aliphatic carbocycles. The maximum Gasteiger partial charge on any atom is 0.317 e.